The molecule has 1 saturated carbocycles. The van der Waals surface area contributed by atoms with E-state index in [9.17, 15) is 9.59 Å². The molecule has 1 amide bonds. The minimum atomic E-state index is -0.223. The van der Waals surface area contributed by atoms with Crippen molar-refractivity contribution in [3.8, 4) is 0 Å². The molecule has 1 N–H and O–H groups in total. The second kappa shape index (κ2) is 8.26. The SMILES string of the molecule is COC(=O)CN1CCC(NC(=O)c2cnc3c(c2)ncn3C2CCCC2)CC1. The fourth-order valence-corrected chi connectivity index (χ4v) is 4.24. The number of methoxy groups -OCH3 is 1. The summed E-state index contributed by atoms with van der Waals surface area (Å²) in [7, 11) is 1.40. The zero-order chi connectivity index (χ0) is 19.5. The van der Waals surface area contributed by atoms with Gasteiger partial charge in [0.2, 0.25) is 0 Å². The monoisotopic (exact) mass is 385 g/mol. The molecule has 1 saturated heterocycles. The molecule has 8 heteroatoms. The molecule has 0 unspecified atom stereocenters. The number of carbonyl (C=O) groups is 2. The first-order valence-corrected chi connectivity index (χ1v) is 10.1. The van der Waals surface area contributed by atoms with E-state index in [4.69, 9.17) is 4.74 Å². The van der Waals surface area contributed by atoms with Gasteiger partial charge in [-0.25, -0.2) is 9.97 Å². The number of carbonyl (C=O) groups excluding carboxylic acids is 2. The number of aromatic nitrogens is 3. The van der Waals surface area contributed by atoms with Gasteiger partial charge in [-0.3, -0.25) is 14.5 Å². The molecule has 150 valence electrons. The average Bonchev–Trinajstić information content (AvgIpc) is 3.38. The van der Waals surface area contributed by atoms with Gasteiger partial charge in [-0.2, -0.15) is 0 Å². The number of pyridine rings is 1. The van der Waals surface area contributed by atoms with Crippen molar-refractivity contribution in [2.75, 3.05) is 26.7 Å². The van der Waals surface area contributed by atoms with Crippen LogP contribution in [0.4, 0.5) is 0 Å². The summed E-state index contributed by atoms with van der Waals surface area (Å²) >= 11 is 0. The fraction of sp³-hybridized carbons (Fsp3) is 0.600. The van der Waals surface area contributed by atoms with Crippen LogP contribution in [0.3, 0.4) is 0 Å². The molecule has 28 heavy (non-hydrogen) atoms. The molecule has 1 aliphatic heterocycles. The lowest BCUT2D eigenvalue weighted by Gasteiger charge is -2.31. The van der Waals surface area contributed by atoms with Gasteiger partial charge in [-0.15, -0.1) is 0 Å². The summed E-state index contributed by atoms with van der Waals surface area (Å²) in [5, 5.41) is 3.09. The van der Waals surface area contributed by atoms with Crippen molar-refractivity contribution < 1.29 is 14.3 Å². The number of esters is 1. The molecule has 2 aromatic rings. The van der Waals surface area contributed by atoms with Crippen LogP contribution < -0.4 is 5.32 Å². The maximum atomic E-state index is 12.7. The van der Waals surface area contributed by atoms with Crippen molar-refractivity contribution in [3.05, 3.63) is 24.2 Å². The van der Waals surface area contributed by atoms with Gasteiger partial charge < -0.3 is 14.6 Å². The fourth-order valence-electron chi connectivity index (χ4n) is 4.24. The Hall–Kier alpha value is -2.48. The van der Waals surface area contributed by atoms with E-state index in [2.05, 4.69) is 24.8 Å². The third kappa shape index (κ3) is 4.01. The van der Waals surface area contributed by atoms with Crippen molar-refractivity contribution >= 4 is 23.0 Å². The van der Waals surface area contributed by atoms with E-state index in [-0.39, 0.29) is 17.9 Å². The number of rotatable bonds is 5. The summed E-state index contributed by atoms with van der Waals surface area (Å²) in [6, 6.07) is 2.41. The highest BCUT2D eigenvalue weighted by molar-refractivity contribution is 5.96. The average molecular weight is 385 g/mol. The number of fused-ring (bicyclic) bond motifs is 1. The van der Waals surface area contributed by atoms with Gasteiger partial charge in [-0.05, 0) is 31.7 Å². The van der Waals surface area contributed by atoms with Gasteiger partial charge >= 0.3 is 5.97 Å². The second-order valence-corrected chi connectivity index (χ2v) is 7.76. The van der Waals surface area contributed by atoms with E-state index in [1.807, 2.05) is 12.4 Å². The van der Waals surface area contributed by atoms with Crippen molar-refractivity contribution in [2.24, 2.45) is 0 Å². The highest BCUT2D eigenvalue weighted by Crippen LogP contribution is 2.31. The number of nitrogens with zero attached hydrogens (tertiary/aromatic N) is 4. The lowest BCUT2D eigenvalue weighted by Crippen LogP contribution is -2.46. The third-order valence-corrected chi connectivity index (χ3v) is 5.90. The molecule has 3 heterocycles. The van der Waals surface area contributed by atoms with E-state index in [0.717, 1.165) is 37.1 Å². The predicted molar refractivity (Wildman–Crippen MR) is 104 cm³/mol. The quantitative estimate of drug-likeness (QED) is 0.791. The number of imidazole rings is 1. The van der Waals surface area contributed by atoms with E-state index in [0.29, 0.717) is 18.2 Å². The van der Waals surface area contributed by atoms with Gasteiger partial charge in [0.1, 0.15) is 5.52 Å². The molecule has 1 aliphatic carbocycles. The van der Waals surface area contributed by atoms with Gasteiger partial charge in [0.15, 0.2) is 5.65 Å². The van der Waals surface area contributed by atoms with Crippen LogP contribution in [-0.4, -0.2) is 64.1 Å². The number of likely N-dealkylation sites (tertiary alicyclic amines) is 1. The first-order valence-electron chi connectivity index (χ1n) is 10.1. The molecular weight excluding hydrogens is 358 g/mol. The smallest absolute Gasteiger partial charge is 0.319 e. The first kappa shape index (κ1) is 18.9. The van der Waals surface area contributed by atoms with Crippen molar-refractivity contribution in [1.29, 1.82) is 0 Å². The number of amides is 1. The molecule has 8 nitrogen and oxygen atoms in total. The molecule has 0 aromatic carbocycles. The number of ether oxygens (including phenoxy) is 1. The van der Waals surface area contributed by atoms with E-state index < -0.39 is 0 Å². The Morgan fingerprint density at radius 1 is 1.18 bits per heavy atom. The third-order valence-electron chi connectivity index (χ3n) is 5.90. The molecule has 2 fully saturated rings. The molecule has 0 atom stereocenters. The van der Waals surface area contributed by atoms with Gasteiger partial charge in [0, 0.05) is 31.4 Å². The van der Waals surface area contributed by atoms with E-state index in [1.54, 1.807) is 6.20 Å². The van der Waals surface area contributed by atoms with Crippen LogP contribution in [0, 0.1) is 0 Å². The zero-order valence-corrected chi connectivity index (χ0v) is 16.3. The summed E-state index contributed by atoms with van der Waals surface area (Å²) in [5.74, 6) is -0.338. The lowest BCUT2D eigenvalue weighted by atomic mass is 10.0. The van der Waals surface area contributed by atoms with Crippen molar-refractivity contribution in [3.63, 3.8) is 0 Å². The Kier molecular flexibility index (Phi) is 5.57. The van der Waals surface area contributed by atoms with Gasteiger partial charge in [0.05, 0.1) is 25.5 Å². The Morgan fingerprint density at radius 3 is 2.64 bits per heavy atom. The first-order chi connectivity index (χ1) is 13.6. The molecule has 2 aliphatic rings. The number of piperidine rings is 1. The molecule has 0 spiro atoms. The van der Waals surface area contributed by atoms with Crippen molar-refractivity contribution in [2.45, 2.75) is 50.6 Å². The molecule has 4 rings (SSSR count). The highest BCUT2D eigenvalue weighted by Gasteiger charge is 2.24. The number of nitrogens with one attached hydrogen (secondary N) is 1. The number of hydrogen-bond acceptors (Lipinski definition) is 6. The van der Waals surface area contributed by atoms with Crippen LogP contribution in [-0.2, 0) is 9.53 Å². The summed E-state index contributed by atoms with van der Waals surface area (Å²) in [5.41, 5.74) is 2.17. The minimum Gasteiger partial charge on any atom is -0.468 e. The molecular formula is C20H27N5O3. The van der Waals surface area contributed by atoms with Crippen LogP contribution >= 0.6 is 0 Å². The van der Waals surface area contributed by atoms with Crippen LogP contribution in [0.1, 0.15) is 54.9 Å². The Labute approximate surface area is 164 Å². The summed E-state index contributed by atoms with van der Waals surface area (Å²) in [6.45, 7) is 1.84. The topological polar surface area (TPSA) is 89.3 Å². The van der Waals surface area contributed by atoms with Gasteiger partial charge in [-0.1, -0.05) is 12.8 Å². The molecule has 0 radical (unpaired) electrons. The van der Waals surface area contributed by atoms with Crippen LogP contribution in [0.15, 0.2) is 18.6 Å². The highest BCUT2D eigenvalue weighted by atomic mass is 16.5. The zero-order valence-electron chi connectivity index (χ0n) is 16.3. The summed E-state index contributed by atoms with van der Waals surface area (Å²) < 4.78 is 6.86. The van der Waals surface area contributed by atoms with Crippen molar-refractivity contribution in [1.82, 2.24) is 24.8 Å². The van der Waals surface area contributed by atoms with Crippen LogP contribution in [0.5, 0.6) is 0 Å². The van der Waals surface area contributed by atoms with E-state index in [1.165, 1.54) is 32.8 Å². The van der Waals surface area contributed by atoms with Crippen LogP contribution in [0.25, 0.3) is 11.2 Å². The second-order valence-electron chi connectivity index (χ2n) is 7.76. The van der Waals surface area contributed by atoms with Gasteiger partial charge in [0.25, 0.3) is 5.91 Å². The minimum absolute atomic E-state index is 0.105. The maximum Gasteiger partial charge on any atom is 0.319 e. The number of hydrogen-bond donors (Lipinski definition) is 1. The van der Waals surface area contributed by atoms with Crippen LogP contribution in [0.2, 0.25) is 0 Å². The predicted octanol–water partition coefficient (Wildman–Crippen LogP) is 1.91. The normalized spacial score (nSPS) is 19.2. The Morgan fingerprint density at radius 2 is 1.93 bits per heavy atom. The molecule has 2 aromatic heterocycles. The molecule has 0 bridgehead atoms. The summed E-state index contributed by atoms with van der Waals surface area (Å²) in [4.78, 5) is 35.1. The Balaban J connectivity index is 1.36. The summed E-state index contributed by atoms with van der Waals surface area (Å²) in [6.07, 6.45) is 9.98. The maximum absolute atomic E-state index is 12.7. The largest absolute Gasteiger partial charge is 0.468 e. The lowest BCUT2D eigenvalue weighted by molar-refractivity contribution is -0.142. The Bertz CT molecular complexity index is 851. The standard InChI is InChI=1S/C20H27N5O3/c1-28-18(26)12-24-8-6-15(7-9-24)23-20(27)14-10-17-19(21-11-14)25(13-22-17)16-4-2-3-5-16/h10-11,13,15-16H,2-9,12H2,1H3,(H,23,27). The van der Waals surface area contributed by atoms with E-state index >= 15 is 0 Å².